The molecular formula is C12H15NO. The molecule has 1 atom stereocenters. The minimum absolute atomic E-state index is 0.0346. The maximum Gasteiger partial charge on any atom is 0.176 e. The van der Waals surface area contributed by atoms with Gasteiger partial charge in [-0.2, -0.15) is 0 Å². The van der Waals surface area contributed by atoms with E-state index in [1.165, 1.54) is 11.1 Å². The summed E-state index contributed by atoms with van der Waals surface area (Å²) in [6, 6.07) is 5.97. The number of rotatable bonds is 2. The number of carbonyl (C=O) groups is 1. The van der Waals surface area contributed by atoms with Crippen molar-refractivity contribution in [3.05, 3.63) is 34.9 Å². The van der Waals surface area contributed by atoms with Crippen LogP contribution in [0.3, 0.4) is 0 Å². The third-order valence-electron chi connectivity index (χ3n) is 2.85. The first-order valence-corrected chi connectivity index (χ1v) is 5.05. The Hall–Kier alpha value is -1.15. The first-order valence-electron chi connectivity index (χ1n) is 5.05. The third-order valence-corrected chi connectivity index (χ3v) is 2.85. The Morgan fingerprint density at radius 3 is 2.86 bits per heavy atom. The summed E-state index contributed by atoms with van der Waals surface area (Å²) in [6.45, 7) is 2.35. The lowest BCUT2D eigenvalue weighted by molar-refractivity contribution is 0.100. The van der Waals surface area contributed by atoms with Crippen molar-refractivity contribution in [1.82, 2.24) is 0 Å². The minimum atomic E-state index is 0.0346. The largest absolute Gasteiger partial charge is 0.324 e. The van der Waals surface area contributed by atoms with Gasteiger partial charge in [0.15, 0.2) is 5.78 Å². The van der Waals surface area contributed by atoms with Crippen molar-refractivity contribution in [1.29, 1.82) is 0 Å². The number of Topliss-reactive ketones (excluding diaryl/α,β-unsaturated/α-hetero) is 1. The summed E-state index contributed by atoms with van der Waals surface area (Å²) in [5.74, 6) is 0.751. The SMILES string of the molecule is CC1Cc2ccc(C(=O)CN)cc2C1. The van der Waals surface area contributed by atoms with E-state index >= 15 is 0 Å². The second-order valence-electron chi connectivity index (χ2n) is 4.12. The molecule has 0 saturated heterocycles. The Morgan fingerprint density at radius 2 is 2.14 bits per heavy atom. The first-order chi connectivity index (χ1) is 6.70. The first kappa shape index (κ1) is 9.41. The molecule has 0 fully saturated rings. The van der Waals surface area contributed by atoms with Gasteiger partial charge in [0.05, 0.1) is 6.54 Å². The lowest BCUT2D eigenvalue weighted by Crippen LogP contribution is -2.13. The maximum atomic E-state index is 11.4. The molecule has 0 aliphatic heterocycles. The molecule has 1 aliphatic rings. The molecule has 0 saturated carbocycles. The molecule has 0 amide bonds. The average molecular weight is 189 g/mol. The quantitative estimate of drug-likeness (QED) is 0.717. The Kier molecular flexibility index (Phi) is 2.38. The fraction of sp³-hybridized carbons (Fsp3) is 0.417. The van der Waals surface area contributed by atoms with Crippen LogP contribution in [0.4, 0.5) is 0 Å². The van der Waals surface area contributed by atoms with Gasteiger partial charge in [-0.25, -0.2) is 0 Å². The third kappa shape index (κ3) is 1.58. The van der Waals surface area contributed by atoms with Crippen molar-refractivity contribution >= 4 is 5.78 Å². The standard InChI is InChI=1S/C12H15NO/c1-8-4-9-2-3-10(12(14)7-13)6-11(9)5-8/h2-3,6,8H,4-5,7,13H2,1H3. The highest BCUT2D eigenvalue weighted by Gasteiger charge is 2.18. The lowest BCUT2D eigenvalue weighted by Gasteiger charge is -2.02. The van der Waals surface area contributed by atoms with Gasteiger partial charge in [-0.15, -0.1) is 0 Å². The number of hydrogen-bond acceptors (Lipinski definition) is 2. The number of fused-ring (bicyclic) bond motifs is 1. The molecule has 1 aromatic carbocycles. The zero-order valence-corrected chi connectivity index (χ0v) is 8.42. The molecule has 1 aromatic rings. The number of carbonyl (C=O) groups excluding carboxylic acids is 1. The van der Waals surface area contributed by atoms with E-state index in [2.05, 4.69) is 13.0 Å². The van der Waals surface area contributed by atoms with Crippen LogP contribution in [-0.2, 0) is 12.8 Å². The lowest BCUT2D eigenvalue weighted by atomic mass is 10.0. The van der Waals surface area contributed by atoms with E-state index in [1.807, 2.05) is 12.1 Å². The fourth-order valence-electron chi connectivity index (χ4n) is 2.13. The summed E-state index contributed by atoms with van der Waals surface area (Å²) >= 11 is 0. The van der Waals surface area contributed by atoms with Crippen molar-refractivity contribution in [3.63, 3.8) is 0 Å². The van der Waals surface area contributed by atoms with Gasteiger partial charge in [0.2, 0.25) is 0 Å². The van der Waals surface area contributed by atoms with Gasteiger partial charge in [-0.1, -0.05) is 19.1 Å². The van der Waals surface area contributed by atoms with Gasteiger partial charge >= 0.3 is 0 Å². The highest BCUT2D eigenvalue weighted by Crippen LogP contribution is 2.27. The normalized spacial score (nSPS) is 19.4. The zero-order chi connectivity index (χ0) is 10.1. The van der Waals surface area contributed by atoms with Crippen LogP contribution >= 0.6 is 0 Å². The Morgan fingerprint density at radius 1 is 1.43 bits per heavy atom. The smallest absolute Gasteiger partial charge is 0.176 e. The Bertz CT molecular complexity index is 371. The number of hydrogen-bond donors (Lipinski definition) is 1. The summed E-state index contributed by atoms with van der Waals surface area (Å²) in [6.07, 6.45) is 2.24. The average Bonchev–Trinajstić information content (AvgIpc) is 2.55. The minimum Gasteiger partial charge on any atom is -0.324 e. The predicted octanol–water partition coefficient (Wildman–Crippen LogP) is 1.56. The maximum absolute atomic E-state index is 11.4. The van der Waals surface area contributed by atoms with Gasteiger partial charge in [0, 0.05) is 5.56 Å². The van der Waals surface area contributed by atoms with Crippen LogP contribution in [0.5, 0.6) is 0 Å². The molecule has 2 nitrogen and oxygen atoms in total. The molecule has 0 spiro atoms. The van der Waals surface area contributed by atoms with Crippen LogP contribution in [0.1, 0.15) is 28.4 Å². The molecule has 2 heteroatoms. The second kappa shape index (κ2) is 3.54. The molecule has 0 bridgehead atoms. The summed E-state index contributed by atoms with van der Waals surface area (Å²) in [7, 11) is 0. The topological polar surface area (TPSA) is 43.1 Å². The molecule has 74 valence electrons. The van der Waals surface area contributed by atoms with Crippen molar-refractivity contribution in [2.45, 2.75) is 19.8 Å². The highest BCUT2D eigenvalue weighted by molar-refractivity contribution is 5.97. The van der Waals surface area contributed by atoms with Gasteiger partial charge in [-0.3, -0.25) is 4.79 Å². The van der Waals surface area contributed by atoms with Crippen LogP contribution in [0.25, 0.3) is 0 Å². The van der Waals surface area contributed by atoms with E-state index in [-0.39, 0.29) is 12.3 Å². The summed E-state index contributed by atoms with van der Waals surface area (Å²) in [4.78, 5) is 11.4. The predicted molar refractivity (Wildman–Crippen MR) is 56.4 cm³/mol. The van der Waals surface area contributed by atoms with E-state index in [4.69, 9.17) is 5.73 Å². The van der Waals surface area contributed by atoms with Crippen LogP contribution in [0, 0.1) is 5.92 Å². The van der Waals surface area contributed by atoms with Crippen molar-refractivity contribution in [3.8, 4) is 0 Å². The van der Waals surface area contributed by atoms with E-state index in [9.17, 15) is 4.79 Å². The molecule has 14 heavy (non-hydrogen) atoms. The van der Waals surface area contributed by atoms with Gasteiger partial charge < -0.3 is 5.73 Å². The van der Waals surface area contributed by atoms with E-state index < -0.39 is 0 Å². The highest BCUT2D eigenvalue weighted by atomic mass is 16.1. The summed E-state index contributed by atoms with van der Waals surface area (Å²) < 4.78 is 0. The molecule has 1 aliphatic carbocycles. The molecular weight excluding hydrogens is 174 g/mol. The second-order valence-corrected chi connectivity index (χ2v) is 4.12. The summed E-state index contributed by atoms with van der Waals surface area (Å²) in [5, 5.41) is 0. The van der Waals surface area contributed by atoms with Crippen molar-refractivity contribution < 1.29 is 4.79 Å². The molecule has 1 unspecified atom stereocenters. The molecule has 0 aromatic heterocycles. The number of nitrogens with two attached hydrogens (primary N) is 1. The van der Waals surface area contributed by atoms with Gasteiger partial charge in [-0.05, 0) is 36.0 Å². The summed E-state index contributed by atoms with van der Waals surface area (Å²) in [5.41, 5.74) is 8.82. The van der Waals surface area contributed by atoms with Gasteiger partial charge in [0.1, 0.15) is 0 Å². The molecule has 2 N–H and O–H groups in total. The van der Waals surface area contributed by atoms with E-state index in [1.54, 1.807) is 0 Å². The van der Waals surface area contributed by atoms with Crippen molar-refractivity contribution in [2.24, 2.45) is 11.7 Å². The van der Waals surface area contributed by atoms with Crippen LogP contribution in [0.15, 0.2) is 18.2 Å². The van der Waals surface area contributed by atoms with Crippen LogP contribution in [0.2, 0.25) is 0 Å². The Labute approximate surface area is 84.1 Å². The van der Waals surface area contributed by atoms with Gasteiger partial charge in [0.25, 0.3) is 0 Å². The molecule has 2 rings (SSSR count). The van der Waals surface area contributed by atoms with Crippen LogP contribution in [-0.4, -0.2) is 12.3 Å². The van der Waals surface area contributed by atoms with Crippen molar-refractivity contribution in [2.75, 3.05) is 6.54 Å². The van der Waals surface area contributed by atoms with E-state index in [0.717, 1.165) is 18.4 Å². The molecule has 0 radical (unpaired) electrons. The zero-order valence-electron chi connectivity index (χ0n) is 8.42. The molecule has 0 heterocycles. The Balaban J connectivity index is 2.33. The number of ketones is 1. The van der Waals surface area contributed by atoms with E-state index in [0.29, 0.717) is 5.92 Å². The monoisotopic (exact) mass is 189 g/mol. The number of benzene rings is 1. The fourth-order valence-corrected chi connectivity index (χ4v) is 2.13. The van der Waals surface area contributed by atoms with Crippen LogP contribution < -0.4 is 5.73 Å².